The second kappa shape index (κ2) is 10.9. The molecular formula is C22H22Cl2N2O3. The first-order chi connectivity index (χ1) is 14.2. The average Bonchev–Trinajstić information content (AvgIpc) is 2.74. The minimum Gasteiger partial charge on any atom is -0.493 e. The van der Waals surface area contributed by atoms with E-state index in [4.69, 9.17) is 37.4 Å². The summed E-state index contributed by atoms with van der Waals surface area (Å²) in [4.78, 5) is 4.12. The van der Waals surface area contributed by atoms with Gasteiger partial charge < -0.3 is 19.5 Å². The lowest BCUT2D eigenvalue weighted by Gasteiger charge is -2.14. The summed E-state index contributed by atoms with van der Waals surface area (Å²) in [5.74, 6) is 1.81. The monoisotopic (exact) mass is 432 g/mol. The van der Waals surface area contributed by atoms with Gasteiger partial charge in [-0.25, -0.2) is 4.98 Å². The lowest BCUT2D eigenvalue weighted by Crippen LogP contribution is -2.21. The lowest BCUT2D eigenvalue weighted by atomic mass is 10.2. The molecular weight excluding hydrogens is 411 g/mol. The predicted molar refractivity (Wildman–Crippen MR) is 115 cm³/mol. The summed E-state index contributed by atoms with van der Waals surface area (Å²) in [6, 6.07) is 16.7. The van der Waals surface area contributed by atoms with Crippen LogP contribution < -0.4 is 19.5 Å². The zero-order valence-corrected chi connectivity index (χ0v) is 17.5. The van der Waals surface area contributed by atoms with Gasteiger partial charge in [0.1, 0.15) is 13.2 Å². The van der Waals surface area contributed by atoms with Crippen molar-refractivity contribution in [2.75, 3.05) is 20.3 Å². The minimum absolute atomic E-state index is 0.371. The average molecular weight is 433 g/mol. The molecule has 2 aromatic carbocycles. The summed E-state index contributed by atoms with van der Waals surface area (Å²) in [7, 11) is 1.60. The fourth-order valence-electron chi connectivity index (χ4n) is 2.66. The van der Waals surface area contributed by atoms with Crippen LogP contribution in [0.4, 0.5) is 0 Å². The fourth-order valence-corrected chi connectivity index (χ4v) is 3.09. The molecule has 0 spiro atoms. The molecule has 0 saturated heterocycles. The van der Waals surface area contributed by atoms with Crippen LogP contribution in [0.5, 0.6) is 17.4 Å². The van der Waals surface area contributed by atoms with Gasteiger partial charge in [0.25, 0.3) is 0 Å². The molecule has 3 rings (SSSR count). The van der Waals surface area contributed by atoms with E-state index in [1.54, 1.807) is 19.4 Å². The SMILES string of the molecule is COc1cc(CNCCOc2ccccn2)c(Cl)cc1OCc1cccc(Cl)c1. The van der Waals surface area contributed by atoms with Crippen molar-refractivity contribution in [3.8, 4) is 17.4 Å². The van der Waals surface area contributed by atoms with Crippen molar-refractivity contribution in [3.63, 3.8) is 0 Å². The Morgan fingerprint density at radius 3 is 2.62 bits per heavy atom. The third kappa shape index (κ3) is 6.53. The van der Waals surface area contributed by atoms with Crippen LogP contribution in [0.1, 0.15) is 11.1 Å². The number of hydrogen-bond acceptors (Lipinski definition) is 5. The van der Waals surface area contributed by atoms with E-state index in [2.05, 4.69) is 10.3 Å². The van der Waals surface area contributed by atoms with Crippen LogP contribution in [0.3, 0.4) is 0 Å². The predicted octanol–water partition coefficient (Wildman–Crippen LogP) is 5.14. The molecule has 5 nitrogen and oxygen atoms in total. The highest BCUT2D eigenvalue weighted by atomic mass is 35.5. The Bertz CT molecular complexity index is 923. The first-order valence-corrected chi connectivity index (χ1v) is 9.89. The van der Waals surface area contributed by atoms with Crippen LogP contribution in [-0.2, 0) is 13.2 Å². The fraction of sp³-hybridized carbons (Fsp3) is 0.227. The van der Waals surface area contributed by atoms with E-state index in [1.807, 2.05) is 48.5 Å². The van der Waals surface area contributed by atoms with Crippen molar-refractivity contribution in [2.45, 2.75) is 13.2 Å². The van der Waals surface area contributed by atoms with E-state index >= 15 is 0 Å². The Morgan fingerprint density at radius 1 is 0.966 bits per heavy atom. The zero-order chi connectivity index (χ0) is 20.5. The first-order valence-electron chi connectivity index (χ1n) is 9.14. The molecule has 0 aliphatic carbocycles. The van der Waals surface area contributed by atoms with Gasteiger partial charge in [0.15, 0.2) is 11.5 Å². The van der Waals surface area contributed by atoms with Crippen molar-refractivity contribution in [3.05, 3.63) is 82.0 Å². The maximum atomic E-state index is 6.44. The molecule has 0 aliphatic rings. The van der Waals surface area contributed by atoms with Gasteiger partial charge in [-0.3, -0.25) is 0 Å². The Morgan fingerprint density at radius 2 is 1.86 bits per heavy atom. The number of rotatable bonds is 10. The summed E-state index contributed by atoms with van der Waals surface area (Å²) < 4.78 is 16.9. The second-order valence-electron chi connectivity index (χ2n) is 6.21. The number of nitrogens with one attached hydrogen (secondary N) is 1. The molecule has 0 fully saturated rings. The van der Waals surface area contributed by atoms with Gasteiger partial charge in [-0.2, -0.15) is 0 Å². The number of methoxy groups -OCH3 is 1. The van der Waals surface area contributed by atoms with Crippen molar-refractivity contribution in [1.29, 1.82) is 0 Å². The van der Waals surface area contributed by atoms with Crippen LogP contribution in [0.2, 0.25) is 10.0 Å². The van der Waals surface area contributed by atoms with Crippen LogP contribution >= 0.6 is 23.2 Å². The third-order valence-electron chi connectivity index (χ3n) is 4.10. The summed E-state index contributed by atoms with van der Waals surface area (Å²) in [6.07, 6.45) is 1.70. The normalized spacial score (nSPS) is 10.6. The molecule has 29 heavy (non-hydrogen) atoms. The molecule has 152 valence electrons. The van der Waals surface area contributed by atoms with E-state index in [9.17, 15) is 0 Å². The van der Waals surface area contributed by atoms with Crippen LogP contribution in [0.25, 0.3) is 0 Å². The van der Waals surface area contributed by atoms with Gasteiger partial charge in [-0.05, 0) is 35.4 Å². The number of ether oxygens (including phenoxy) is 3. The molecule has 1 aromatic heterocycles. The first kappa shape index (κ1) is 21.2. The van der Waals surface area contributed by atoms with Gasteiger partial charge in [0, 0.05) is 41.5 Å². The highest BCUT2D eigenvalue weighted by molar-refractivity contribution is 6.31. The molecule has 1 N–H and O–H groups in total. The Labute approximate surface area is 180 Å². The van der Waals surface area contributed by atoms with Crippen LogP contribution in [0.15, 0.2) is 60.8 Å². The second-order valence-corrected chi connectivity index (χ2v) is 7.05. The largest absolute Gasteiger partial charge is 0.493 e. The van der Waals surface area contributed by atoms with Crippen molar-refractivity contribution < 1.29 is 14.2 Å². The summed E-state index contributed by atoms with van der Waals surface area (Å²) >= 11 is 12.5. The Kier molecular flexibility index (Phi) is 7.99. The highest BCUT2D eigenvalue weighted by Crippen LogP contribution is 2.34. The van der Waals surface area contributed by atoms with Crippen LogP contribution in [0, 0.1) is 0 Å². The molecule has 3 aromatic rings. The number of aromatic nitrogens is 1. The molecule has 0 saturated carbocycles. The van der Waals surface area contributed by atoms with E-state index < -0.39 is 0 Å². The van der Waals surface area contributed by atoms with Crippen molar-refractivity contribution >= 4 is 23.2 Å². The molecule has 7 heteroatoms. The van der Waals surface area contributed by atoms with E-state index in [-0.39, 0.29) is 0 Å². The van der Waals surface area contributed by atoms with E-state index in [0.717, 1.165) is 11.1 Å². The molecule has 0 bridgehead atoms. The zero-order valence-electron chi connectivity index (χ0n) is 16.0. The van der Waals surface area contributed by atoms with Gasteiger partial charge in [-0.1, -0.05) is 41.4 Å². The summed E-state index contributed by atoms with van der Waals surface area (Å²) in [5.41, 5.74) is 1.88. The van der Waals surface area contributed by atoms with Gasteiger partial charge >= 0.3 is 0 Å². The Balaban J connectivity index is 1.53. The lowest BCUT2D eigenvalue weighted by molar-refractivity contribution is 0.284. The standard InChI is InChI=1S/C22H22Cl2N2O3/c1-27-20-12-17(14-25-9-10-28-22-7-2-3-8-26-22)19(24)13-21(20)29-15-16-5-4-6-18(23)11-16/h2-8,11-13,25H,9-10,14-15H2,1H3. The molecule has 0 amide bonds. The number of hydrogen-bond donors (Lipinski definition) is 1. The maximum Gasteiger partial charge on any atom is 0.213 e. The molecule has 0 unspecified atom stereocenters. The van der Waals surface area contributed by atoms with Crippen molar-refractivity contribution in [1.82, 2.24) is 10.3 Å². The molecule has 1 heterocycles. The topological polar surface area (TPSA) is 52.6 Å². The maximum absolute atomic E-state index is 6.44. The van der Waals surface area contributed by atoms with Crippen molar-refractivity contribution in [2.24, 2.45) is 0 Å². The number of nitrogens with zero attached hydrogens (tertiary/aromatic N) is 1. The van der Waals surface area contributed by atoms with E-state index in [1.165, 1.54) is 0 Å². The third-order valence-corrected chi connectivity index (χ3v) is 4.68. The van der Waals surface area contributed by atoms with E-state index in [0.29, 0.717) is 53.7 Å². The number of pyridine rings is 1. The molecule has 0 atom stereocenters. The number of benzene rings is 2. The molecule has 0 radical (unpaired) electrons. The van der Waals surface area contributed by atoms with Gasteiger partial charge in [0.05, 0.1) is 7.11 Å². The molecule has 0 aliphatic heterocycles. The minimum atomic E-state index is 0.371. The van der Waals surface area contributed by atoms with Gasteiger partial charge in [-0.15, -0.1) is 0 Å². The summed E-state index contributed by atoms with van der Waals surface area (Å²) in [5, 5.41) is 4.57. The van der Waals surface area contributed by atoms with Gasteiger partial charge in [0.2, 0.25) is 5.88 Å². The smallest absolute Gasteiger partial charge is 0.213 e. The van der Waals surface area contributed by atoms with Crippen LogP contribution in [-0.4, -0.2) is 25.2 Å². The summed E-state index contributed by atoms with van der Waals surface area (Å²) in [6.45, 7) is 2.11. The Hall–Kier alpha value is -2.47. The quantitative estimate of drug-likeness (QED) is 0.449. The number of halogens is 2. The highest BCUT2D eigenvalue weighted by Gasteiger charge is 2.11.